The van der Waals surface area contributed by atoms with Gasteiger partial charge in [0.1, 0.15) is 16.5 Å². The smallest absolute Gasteiger partial charge is 0.283 e. The van der Waals surface area contributed by atoms with Crippen LogP contribution in [0.5, 0.6) is 5.75 Å². The van der Waals surface area contributed by atoms with E-state index >= 15 is 0 Å². The molecule has 1 heterocycles. The van der Waals surface area contributed by atoms with E-state index in [0.29, 0.717) is 22.6 Å². The summed E-state index contributed by atoms with van der Waals surface area (Å²) in [5.41, 5.74) is 3.57. The number of anilines is 3. The van der Waals surface area contributed by atoms with Crippen molar-refractivity contribution >= 4 is 46.4 Å². The Bertz CT molecular complexity index is 1300. The maximum Gasteiger partial charge on any atom is 0.283 e. The number of nitrogens with one attached hydrogen (secondary N) is 2. The number of rotatable bonds is 5. The summed E-state index contributed by atoms with van der Waals surface area (Å²) in [6, 6.07) is 18.0. The second kappa shape index (κ2) is 8.80. The molecule has 0 atom stereocenters. The molecule has 4 rings (SSSR count). The van der Waals surface area contributed by atoms with Crippen LogP contribution in [0.2, 0.25) is 0 Å². The number of hydrogen-bond donors (Lipinski definition) is 3. The summed E-state index contributed by atoms with van der Waals surface area (Å²) in [6.07, 6.45) is 0. The van der Waals surface area contributed by atoms with Crippen LogP contribution in [-0.2, 0) is 9.59 Å². The minimum atomic E-state index is -0.595. The number of imide groups is 1. The van der Waals surface area contributed by atoms with Crippen LogP contribution in [0.1, 0.15) is 21.5 Å². The first-order chi connectivity index (χ1) is 15.7. The normalized spacial score (nSPS) is 13.5. The highest BCUT2D eigenvalue weighted by Crippen LogP contribution is 2.32. The van der Waals surface area contributed by atoms with Crippen molar-refractivity contribution < 1.29 is 19.5 Å². The first kappa shape index (κ1) is 22.1. The Kier molecular flexibility index (Phi) is 5.89. The first-order valence-corrected chi connectivity index (χ1v) is 10.5. The molecule has 0 aromatic heterocycles. The van der Waals surface area contributed by atoms with Crippen molar-refractivity contribution in [3.63, 3.8) is 0 Å². The Balaban J connectivity index is 1.50. The molecular formula is C25H20ClN3O4. The Morgan fingerprint density at radius 1 is 0.879 bits per heavy atom. The number of carbonyl (C=O) groups excluding carboxylic acids is 3. The quantitative estimate of drug-likeness (QED) is 0.378. The number of aryl methyl sites for hydroxylation is 2. The fourth-order valence-corrected chi connectivity index (χ4v) is 3.60. The lowest BCUT2D eigenvalue weighted by Gasteiger charge is -2.18. The van der Waals surface area contributed by atoms with Gasteiger partial charge in [-0.3, -0.25) is 14.4 Å². The van der Waals surface area contributed by atoms with E-state index in [2.05, 4.69) is 10.6 Å². The average molecular weight is 462 g/mol. The molecule has 3 aromatic rings. The van der Waals surface area contributed by atoms with Gasteiger partial charge in [-0.25, -0.2) is 4.90 Å². The predicted molar refractivity (Wildman–Crippen MR) is 127 cm³/mol. The molecule has 0 spiro atoms. The van der Waals surface area contributed by atoms with Crippen LogP contribution in [0.25, 0.3) is 0 Å². The van der Waals surface area contributed by atoms with E-state index in [4.69, 9.17) is 11.6 Å². The minimum absolute atomic E-state index is 0.0242. The number of carbonyl (C=O) groups is 3. The highest BCUT2D eigenvalue weighted by molar-refractivity contribution is 6.53. The average Bonchev–Trinajstić information content (AvgIpc) is 3.00. The number of amides is 3. The van der Waals surface area contributed by atoms with E-state index in [9.17, 15) is 19.5 Å². The molecule has 166 valence electrons. The predicted octanol–water partition coefficient (Wildman–Crippen LogP) is 4.70. The van der Waals surface area contributed by atoms with Gasteiger partial charge >= 0.3 is 0 Å². The third-order valence-corrected chi connectivity index (χ3v) is 5.53. The van der Waals surface area contributed by atoms with E-state index in [-0.39, 0.29) is 22.4 Å². The second-order valence-corrected chi connectivity index (χ2v) is 8.01. The Hall–Kier alpha value is -4.10. The third-order valence-electron chi connectivity index (χ3n) is 5.17. The van der Waals surface area contributed by atoms with E-state index in [1.165, 1.54) is 12.1 Å². The van der Waals surface area contributed by atoms with Gasteiger partial charge < -0.3 is 15.7 Å². The van der Waals surface area contributed by atoms with Crippen LogP contribution >= 0.6 is 11.6 Å². The number of hydrogen-bond acceptors (Lipinski definition) is 5. The van der Waals surface area contributed by atoms with Gasteiger partial charge in [0.25, 0.3) is 17.7 Å². The molecule has 3 N–H and O–H groups in total. The van der Waals surface area contributed by atoms with Crippen LogP contribution in [0.4, 0.5) is 17.1 Å². The molecule has 0 saturated heterocycles. The van der Waals surface area contributed by atoms with Crippen molar-refractivity contribution in [2.75, 3.05) is 15.5 Å². The Morgan fingerprint density at radius 3 is 2.18 bits per heavy atom. The maximum atomic E-state index is 13.0. The Labute approximate surface area is 195 Å². The van der Waals surface area contributed by atoms with Gasteiger partial charge in [0.05, 0.1) is 5.69 Å². The van der Waals surface area contributed by atoms with Crippen molar-refractivity contribution in [1.82, 2.24) is 0 Å². The van der Waals surface area contributed by atoms with Crippen molar-refractivity contribution in [2.45, 2.75) is 13.8 Å². The number of phenols is 1. The summed E-state index contributed by atoms with van der Waals surface area (Å²) in [6.45, 7) is 3.69. The molecule has 0 unspecified atom stereocenters. The topological polar surface area (TPSA) is 98.7 Å². The zero-order chi connectivity index (χ0) is 23.7. The second-order valence-electron chi connectivity index (χ2n) is 7.63. The molecule has 3 amide bonds. The van der Waals surface area contributed by atoms with Crippen LogP contribution < -0.4 is 15.5 Å². The number of halogens is 1. The molecule has 1 aliphatic rings. The fraction of sp³-hybridized carbons (Fsp3) is 0.0800. The largest absolute Gasteiger partial charge is 0.508 e. The van der Waals surface area contributed by atoms with Crippen LogP contribution in [-0.4, -0.2) is 22.8 Å². The maximum absolute atomic E-state index is 13.0. The lowest BCUT2D eigenvalue weighted by atomic mass is 10.1. The number of nitrogens with zero attached hydrogens (tertiary/aromatic N) is 1. The fourth-order valence-electron chi connectivity index (χ4n) is 3.39. The van der Waals surface area contributed by atoms with Gasteiger partial charge in [-0.1, -0.05) is 23.7 Å². The summed E-state index contributed by atoms with van der Waals surface area (Å²) in [7, 11) is 0. The van der Waals surface area contributed by atoms with Crippen molar-refractivity contribution in [3.8, 4) is 5.75 Å². The van der Waals surface area contributed by atoms with Gasteiger partial charge in [-0.15, -0.1) is 0 Å². The van der Waals surface area contributed by atoms with Gasteiger partial charge in [-0.2, -0.15) is 0 Å². The summed E-state index contributed by atoms with van der Waals surface area (Å²) in [5, 5.41) is 14.8. The molecule has 0 aliphatic carbocycles. The number of aromatic hydroxyl groups is 1. The number of benzene rings is 3. The van der Waals surface area contributed by atoms with Gasteiger partial charge in [0, 0.05) is 16.9 Å². The minimum Gasteiger partial charge on any atom is -0.508 e. The lowest BCUT2D eigenvalue weighted by molar-refractivity contribution is -0.120. The molecule has 3 aromatic carbocycles. The van der Waals surface area contributed by atoms with Gasteiger partial charge in [0.15, 0.2) is 0 Å². The molecule has 0 bridgehead atoms. The SMILES string of the molecule is Cc1ccc(C)c(N2C(=O)C(Cl)=C(Nc3ccc(C(=O)Nc4ccc(O)cc4)cc3)C2=O)c1. The molecule has 0 fully saturated rings. The summed E-state index contributed by atoms with van der Waals surface area (Å²) in [5.74, 6) is -1.37. The van der Waals surface area contributed by atoms with E-state index in [1.807, 2.05) is 26.0 Å². The summed E-state index contributed by atoms with van der Waals surface area (Å²) >= 11 is 6.22. The van der Waals surface area contributed by atoms with Gasteiger partial charge in [0.2, 0.25) is 0 Å². The van der Waals surface area contributed by atoms with E-state index in [0.717, 1.165) is 16.0 Å². The van der Waals surface area contributed by atoms with Crippen molar-refractivity contribution in [1.29, 1.82) is 0 Å². The van der Waals surface area contributed by atoms with Crippen molar-refractivity contribution in [3.05, 3.63) is 94.1 Å². The molecular weight excluding hydrogens is 442 g/mol. The third kappa shape index (κ3) is 4.44. The molecule has 1 aliphatic heterocycles. The summed E-state index contributed by atoms with van der Waals surface area (Å²) in [4.78, 5) is 39.2. The molecule has 0 radical (unpaired) electrons. The zero-order valence-electron chi connectivity index (χ0n) is 17.8. The van der Waals surface area contributed by atoms with Gasteiger partial charge in [-0.05, 0) is 79.6 Å². The standard InChI is InChI=1S/C25H20ClN3O4/c1-14-3-4-15(2)20(13-14)29-24(32)21(26)22(25(29)33)27-17-7-5-16(6-8-17)23(31)28-18-9-11-19(30)12-10-18/h3-13,27,30H,1-2H3,(H,28,31). The first-order valence-electron chi connectivity index (χ1n) is 10.1. The highest BCUT2D eigenvalue weighted by Gasteiger charge is 2.39. The number of phenolic OH excluding ortho intramolecular Hbond substituents is 1. The molecule has 8 heteroatoms. The molecule has 33 heavy (non-hydrogen) atoms. The van der Waals surface area contributed by atoms with Crippen molar-refractivity contribution in [2.24, 2.45) is 0 Å². The monoisotopic (exact) mass is 461 g/mol. The zero-order valence-corrected chi connectivity index (χ0v) is 18.6. The van der Waals surface area contributed by atoms with Crippen LogP contribution in [0.3, 0.4) is 0 Å². The highest BCUT2D eigenvalue weighted by atomic mass is 35.5. The molecule has 7 nitrogen and oxygen atoms in total. The van der Waals surface area contributed by atoms with E-state index in [1.54, 1.807) is 42.5 Å². The summed E-state index contributed by atoms with van der Waals surface area (Å²) < 4.78 is 0. The lowest BCUT2D eigenvalue weighted by Crippen LogP contribution is -2.32. The van der Waals surface area contributed by atoms with Crippen LogP contribution in [0.15, 0.2) is 77.5 Å². The molecule has 0 saturated carbocycles. The van der Waals surface area contributed by atoms with E-state index < -0.39 is 11.8 Å². The Morgan fingerprint density at radius 2 is 1.52 bits per heavy atom. The van der Waals surface area contributed by atoms with Crippen LogP contribution in [0, 0.1) is 13.8 Å².